The molecule has 1 aromatic heterocycles. The van der Waals surface area contributed by atoms with E-state index in [4.69, 9.17) is 0 Å². The van der Waals surface area contributed by atoms with Crippen molar-refractivity contribution in [2.75, 3.05) is 6.54 Å². The molecule has 15 heavy (non-hydrogen) atoms. The molecule has 0 bridgehead atoms. The third-order valence-electron chi connectivity index (χ3n) is 3.52. The number of aromatic nitrogens is 2. The zero-order valence-corrected chi connectivity index (χ0v) is 10.2. The third-order valence-corrected chi connectivity index (χ3v) is 3.52. The summed E-state index contributed by atoms with van der Waals surface area (Å²) in [5.74, 6) is 1.16. The molecule has 0 saturated carbocycles. The van der Waals surface area contributed by atoms with Gasteiger partial charge in [0.15, 0.2) is 0 Å². The second kappa shape index (κ2) is 3.63. The van der Waals surface area contributed by atoms with E-state index in [1.54, 1.807) is 0 Å². The Balaban J connectivity index is 2.51. The molecule has 0 amide bonds. The van der Waals surface area contributed by atoms with E-state index in [1.807, 2.05) is 0 Å². The summed E-state index contributed by atoms with van der Waals surface area (Å²) in [6.07, 6.45) is 2.25. The summed E-state index contributed by atoms with van der Waals surface area (Å²) in [7, 11) is 0. The predicted molar refractivity (Wildman–Crippen MR) is 62.0 cm³/mol. The van der Waals surface area contributed by atoms with Crippen molar-refractivity contribution in [1.29, 1.82) is 0 Å². The van der Waals surface area contributed by atoms with Crippen LogP contribution in [0.4, 0.5) is 0 Å². The topological polar surface area (TPSA) is 29.9 Å². The molecular weight excluding hydrogens is 186 g/mol. The molecular formula is C12H21N3. The Labute approximate surface area is 91.9 Å². The molecule has 0 spiro atoms. The molecule has 3 nitrogen and oxygen atoms in total. The average molecular weight is 207 g/mol. The first-order valence-electron chi connectivity index (χ1n) is 5.84. The molecule has 0 unspecified atom stereocenters. The van der Waals surface area contributed by atoms with E-state index < -0.39 is 0 Å². The smallest absolute Gasteiger partial charge is 0.106 e. The normalized spacial score (nSPS) is 16.5. The van der Waals surface area contributed by atoms with Gasteiger partial charge in [0.25, 0.3) is 0 Å². The number of fused-ring (bicyclic) bond motifs is 1. The van der Waals surface area contributed by atoms with E-state index in [0.29, 0.717) is 0 Å². The molecule has 1 aromatic rings. The van der Waals surface area contributed by atoms with Crippen molar-refractivity contribution < 1.29 is 0 Å². The molecule has 2 heterocycles. The van der Waals surface area contributed by atoms with Crippen LogP contribution in [-0.2, 0) is 18.5 Å². The third kappa shape index (κ3) is 1.69. The largest absolute Gasteiger partial charge is 0.326 e. The minimum atomic E-state index is 0.196. The van der Waals surface area contributed by atoms with Crippen LogP contribution < -0.4 is 5.32 Å². The SMILES string of the molecule is CCC(C)(C)n1c(C)nc2c1CCNC2. The molecule has 2 rings (SSSR count). The minimum absolute atomic E-state index is 0.196. The lowest BCUT2D eigenvalue weighted by Gasteiger charge is -2.30. The van der Waals surface area contributed by atoms with Gasteiger partial charge >= 0.3 is 0 Å². The summed E-state index contributed by atoms with van der Waals surface area (Å²) in [4.78, 5) is 4.67. The van der Waals surface area contributed by atoms with Crippen LogP contribution in [0.1, 0.15) is 44.4 Å². The van der Waals surface area contributed by atoms with Crippen molar-refractivity contribution in [3.63, 3.8) is 0 Å². The standard InChI is InChI=1S/C12H21N3/c1-5-12(3,4)15-9(2)14-10-8-13-7-6-11(10)15/h13H,5-8H2,1-4H3. The highest BCUT2D eigenvalue weighted by Gasteiger charge is 2.26. The molecule has 0 fully saturated rings. The van der Waals surface area contributed by atoms with Crippen molar-refractivity contribution in [2.45, 2.75) is 52.6 Å². The second-order valence-electron chi connectivity index (χ2n) is 4.98. The van der Waals surface area contributed by atoms with Gasteiger partial charge in [-0.05, 0) is 27.2 Å². The highest BCUT2D eigenvalue weighted by Crippen LogP contribution is 2.27. The van der Waals surface area contributed by atoms with Gasteiger partial charge in [-0.15, -0.1) is 0 Å². The summed E-state index contributed by atoms with van der Waals surface area (Å²) < 4.78 is 2.43. The van der Waals surface area contributed by atoms with Gasteiger partial charge < -0.3 is 9.88 Å². The number of imidazole rings is 1. The van der Waals surface area contributed by atoms with Gasteiger partial charge in [-0.2, -0.15) is 0 Å². The first kappa shape index (κ1) is 10.7. The fourth-order valence-corrected chi connectivity index (χ4v) is 2.41. The minimum Gasteiger partial charge on any atom is -0.326 e. The Morgan fingerprint density at radius 1 is 1.47 bits per heavy atom. The number of rotatable bonds is 2. The van der Waals surface area contributed by atoms with Crippen LogP contribution in [0.25, 0.3) is 0 Å². The summed E-state index contributed by atoms with van der Waals surface area (Å²) in [6.45, 7) is 11.0. The average Bonchev–Trinajstić information content (AvgIpc) is 2.54. The first-order valence-corrected chi connectivity index (χ1v) is 5.84. The number of hydrogen-bond donors (Lipinski definition) is 1. The van der Waals surface area contributed by atoms with Gasteiger partial charge in [0, 0.05) is 30.7 Å². The molecule has 0 atom stereocenters. The molecule has 1 N–H and O–H groups in total. The summed E-state index contributed by atoms with van der Waals surface area (Å²) in [6, 6.07) is 0. The second-order valence-corrected chi connectivity index (χ2v) is 4.98. The van der Waals surface area contributed by atoms with Crippen LogP contribution in [0.3, 0.4) is 0 Å². The zero-order chi connectivity index (χ0) is 11.1. The van der Waals surface area contributed by atoms with Crippen LogP contribution in [0.5, 0.6) is 0 Å². The van der Waals surface area contributed by atoms with Gasteiger partial charge in [0.05, 0.1) is 5.69 Å². The van der Waals surface area contributed by atoms with Crippen LogP contribution in [0, 0.1) is 6.92 Å². The van der Waals surface area contributed by atoms with Crippen molar-refractivity contribution in [3.05, 3.63) is 17.2 Å². The van der Waals surface area contributed by atoms with E-state index >= 15 is 0 Å². The van der Waals surface area contributed by atoms with Crippen LogP contribution >= 0.6 is 0 Å². The summed E-state index contributed by atoms with van der Waals surface area (Å²) >= 11 is 0. The maximum absolute atomic E-state index is 4.67. The van der Waals surface area contributed by atoms with Crippen LogP contribution in [-0.4, -0.2) is 16.1 Å². The van der Waals surface area contributed by atoms with Crippen molar-refractivity contribution in [1.82, 2.24) is 14.9 Å². The Hall–Kier alpha value is -0.830. The monoisotopic (exact) mass is 207 g/mol. The zero-order valence-electron chi connectivity index (χ0n) is 10.2. The van der Waals surface area contributed by atoms with E-state index in [0.717, 1.165) is 31.8 Å². The number of nitrogens with zero attached hydrogens (tertiary/aromatic N) is 2. The van der Waals surface area contributed by atoms with E-state index in [-0.39, 0.29) is 5.54 Å². The predicted octanol–water partition coefficient (Wildman–Crippen LogP) is 1.98. The van der Waals surface area contributed by atoms with E-state index in [2.05, 4.69) is 42.6 Å². The fraction of sp³-hybridized carbons (Fsp3) is 0.750. The van der Waals surface area contributed by atoms with Crippen LogP contribution in [0.15, 0.2) is 0 Å². The summed E-state index contributed by atoms with van der Waals surface area (Å²) in [5, 5.41) is 3.38. The van der Waals surface area contributed by atoms with Crippen molar-refractivity contribution in [2.24, 2.45) is 0 Å². The Morgan fingerprint density at radius 2 is 2.20 bits per heavy atom. The van der Waals surface area contributed by atoms with Gasteiger partial charge in [0.2, 0.25) is 0 Å². The highest BCUT2D eigenvalue weighted by molar-refractivity contribution is 5.21. The molecule has 0 aliphatic carbocycles. The fourth-order valence-electron chi connectivity index (χ4n) is 2.41. The number of hydrogen-bond acceptors (Lipinski definition) is 2. The molecule has 0 aromatic carbocycles. The molecule has 84 valence electrons. The Morgan fingerprint density at radius 3 is 2.87 bits per heavy atom. The van der Waals surface area contributed by atoms with Gasteiger partial charge in [0.1, 0.15) is 5.82 Å². The maximum Gasteiger partial charge on any atom is 0.106 e. The lowest BCUT2D eigenvalue weighted by molar-refractivity contribution is 0.323. The van der Waals surface area contributed by atoms with Gasteiger partial charge in [-0.1, -0.05) is 6.92 Å². The Kier molecular flexibility index (Phi) is 2.59. The van der Waals surface area contributed by atoms with Gasteiger partial charge in [-0.25, -0.2) is 4.98 Å². The molecule has 0 saturated heterocycles. The van der Waals surface area contributed by atoms with Crippen molar-refractivity contribution in [3.8, 4) is 0 Å². The lowest BCUT2D eigenvalue weighted by Crippen LogP contribution is -2.32. The molecule has 1 aliphatic heterocycles. The van der Waals surface area contributed by atoms with E-state index in [1.165, 1.54) is 11.4 Å². The van der Waals surface area contributed by atoms with E-state index in [9.17, 15) is 0 Å². The lowest BCUT2D eigenvalue weighted by atomic mass is 10.00. The van der Waals surface area contributed by atoms with Crippen LogP contribution in [0.2, 0.25) is 0 Å². The number of aryl methyl sites for hydroxylation is 1. The highest BCUT2D eigenvalue weighted by atomic mass is 15.2. The molecule has 0 radical (unpaired) electrons. The maximum atomic E-state index is 4.67. The number of nitrogens with one attached hydrogen (secondary N) is 1. The summed E-state index contributed by atoms with van der Waals surface area (Å²) in [5.41, 5.74) is 2.89. The van der Waals surface area contributed by atoms with Gasteiger partial charge in [-0.3, -0.25) is 0 Å². The quantitative estimate of drug-likeness (QED) is 0.803. The van der Waals surface area contributed by atoms with Crippen molar-refractivity contribution >= 4 is 0 Å². The Bertz CT molecular complexity index is 363. The molecule has 1 aliphatic rings. The molecule has 3 heteroatoms. The first-order chi connectivity index (χ1) is 7.06.